The Labute approximate surface area is 241 Å². The number of hydrogen-bond acceptors (Lipinski definition) is 7. The van der Waals surface area contributed by atoms with Gasteiger partial charge in [0.1, 0.15) is 18.1 Å². The number of benzene rings is 3. The van der Waals surface area contributed by atoms with E-state index in [2.05, 4.69) is 18.7 Å². The molecule has 8 nitrogen and oxygen atoms in total. The van der Waals surface area contributed by atoms with Gasteiger partial charge in [-0.3, -0.25) is 9.59 Å². The number of carbonyl (C=O) groups excluding carboxylic acids is 2. The van der Waals surface area contributed by atoms with Gasteiger partial charge < -0.3 is 29.1 Å². The topological polar surface area (TPSA) is 88.5 Å². The van der Waals surface area contributed by atoms with Crippen LogP contribution in [-0.2, 0) is 16.2 Å². The number of aliphatic hydroxyl groups is 1. The first-order valence-electron chi connectivity index (χ1n) is 13.8. The van der Waals surface area contributed by atoms with Crippen LogP contribution in [0.15, 0.2) is 72.3 Å². The highest BCUT2D eigenvalue weighted by Crippen LogP contribution is 2.42. The van der Waals surface area contributed by atoms with Crippen LogP contribution in [0.1, 0.15) is 42.1 Å². The lowest BCUT2D eigenvalue weighted by Crippen LogP contribution is -2.38. The first-order valence-corrected chi connectivity index (χ1v) is 13.8. The van der Waals surface area contributed by atoms with Gasteiger partial charge in [-0.2, -0.15) is 0 Å². The van der Waals surface area contributed by atoms with Gasteiger partial charge in [0.25, 0.3) is 11.7 Å². The first kappa shape index (κ1) is 29.7. The summed E-state index contributed by atoms with van der Waals surface area (Å²) in [6.45, 7) is 8.95. The van der Waals surface area contributed by atoms with E-state index in [1.165, 1.54) is 12.0 Å². The maximum absolute atomic E-state index is 13.5. The third-order valence-corrected chi connectivity index (χ3v) is 7.50. The van der Waals surface area contributed by atoms with Gasteiger partial charge in [-0.1, -0.05) is 50.2 Å². The number of aryl methyl sites for hydroxylation is 1. The van der Waals surface area contributed by atoms with Crippen molar-refractivity contribution in [3.63, 3.8) is 0 Å². The molecule has 0 bridgehead atoms. The molecular formula is C33H38N2O6. The van der Waals surface area contributed by atoms with Gasteiger partial charge in [-0.05, 0) is 67.0 Å². The summed E-state index contributed by atoms with van der Waals surface area (Å²) in [6.07, 6.45) is 0. The zero-order valence-corrected chi connectivity index (χ0v) is 24.3. The molecule has 216 valence electrons. The van der Waals surface area contributed by atoms with Crippen LogP contribution in [0.3, 0.4) is 0 Å². The first-order chi connectivity index (χ1) is 19.8. The lowest BCUT2D eigenvalue weighted by atomic mass is 9.94. The highest BCUT2D eigenvalue weighted by Gasteiger charge is 2.46. The van der Waals surface area contributed by atoms with E-state index in [1.807, 2.05) is 37.3 Å². The predicted molar refractivity (Wildman–Crippen MR) is 158 cm³/mol. The SMILES string of the molecule is CCN(CC)CCN1C(=O)C(=O)/C(=C(/O)c2ccc(OCc3ccccc3)c(C)c2)[C@@H]1c1ccc(OC)c(OC)c1. The van der Waals surface area contributed by atoms with Gasteiger partial charge in [0.05, 0.1) is 25.8 Å². The van der Waals surface area contributed by atoms with Crippen LogP contribution in [-0.4, -0.2) is 67.0 Å². The Bertz CT molecular complexity index is 1410. The number of ether oxygens (including phenoxy) is 3. The van der Waals surface area contributed by atoms with Crippen molar-refractivity contribution in [2.75, 3.05) is 40.4 Å². The zero-order valence-electron chi connectivity index (χ0n) is 24.3. The van der Waals surface area contributed by atoms with E-state index in [9.17, 15) is 14.7 Å². The highest BCUT2D eigenvalue weighted by molar-refractivity contribution is 6.46. The van der Waals surface area contributed by atoms with E-state index in [4.69, 9.17) is 14.2 Å². The molecule has 0 spiro atoms. The van der Waals surface area contributed by atoms with Crippen molar-refractivity contribution >= 4 is 17.4 Å². The van der Waals surface area contributed by atoms with Crippen molar-refractivity contribution in [1.29, 1.82) is 0 Å². The third kappa shape index (κ3) is 6.38. The maximum Gasteiger partial charge on any atom is 0.295 e. The van der Waals surface area contributed by atoms with Crippen molar-refractivity contribution in [2.45, 2.75) is 33.4 Å². The summed E-state index contributed by atoms with van der Waals surface area (Å²) in [5.41, 5.74) is 2.95. The molecule has 8 heteroatoms. The van der Waals surface area contributed by atoms with Gasteiger partial charge in [-0.15, -0.1) is 0 Å². The number of likely N-dealkylation sites (N-methyl/N-ethyl adjacent to an activating group) is 1. The van der Waals surface area contributed by atoms with Gasteiger partial charge in [0, 0.05) is 18.7 Å². The predicted octanol–water partition coefficient (Wildman–Crippen LogP) is 5.35. The normalized spacial score (nSPS) is 16.3. The Hall–Kier alpha value is -4.30. The molecule has 1 aliphatic rings. The van der Waals surface area contributed by atoms with Crippen molar-refractivity contribution in [3.05, 3.63) is 94.6 Å². The molecule has 1 aliphatic heterocycles. The van der Waals surface area contributed by atoms with E-state index in [-0.39, 0.29) is 11.3 Å². The summed E-state index contributed by atoms with van der Waals surface area (Å²) in [7, 11) is 3.08. The number of amides is 1. The van der Waals surface area contributed by atoms with Crippen LogP contribution >= 0.6 is 0 Å². The summed E-state index contributed by atoms with van der Waals surface area (Å²) in [5.74, 6) is 0.0720. The molecule has 41 heavy (non-hydrogen) atoms. The molecule has 3 aromatic rings. The molecule has 3 aromatic carbocycles. The minimum absolute atomic E-state index is 0.0409. The van der Waals surface area contributed by atoms with E-state index in [0.29, 0.717) is 48.1 Å². The number of likely N-dealkylation sites (tertiary alicyclic amines) is 1. The van der Waals surface area contributed by atoms with Crippen LogP contribution in [0.5, 0.6) is 17.2 Å². The van der Waals surface area contributed by atoms with E-state index >= 15 is 0 Å². The second kappa shape index (κ2) is 13.4. The number of aliphatic hydroxyl groups excluding tert-OH is 1. The number of nitrogens with zero attached hydrogens (tertiary/aromatic N) is 2. The fourth-order valence-electron chi connectivity index (χ4n) is 5.12. The van der Waals surface area contributed by atoms with E-state index < -0.39 is 17.7 Å². The molecule has 1 N–H and O–H groups in total. The molecule has 0 aromatic heterocycles. The molecule has 1 heterocycles. The molecule has 0 saturated carbocycles. The Morgan fingerprint density at radius 3 is 2.22 bits per heavy atom. The number of rotatable bonds is 12. The molecule has 1 fully saturated rings. The fraction of sp³-hybridized carbons (Fsp3) is 0.333. The quantitative estimate of drug-likeness (QED) is 0.182. The number of ketones is 1. The van der Waals surface area contributed by atoms with Crippen LogP contribution in [0.4, 0.5) is 0 Å². The Kier molecular flexibility index (Phi) is 9.68. The third-order valence-electron chi connectivity index (χ3n) is 7.50. The molecule has 1 saturated heterocycles. The molecule has 4 rings (SSSR count). The van der Waals surface area contributed by atoms with Gasteiger partial charge >= 0.3 is 0 Å². The lowest BCUT2D eigenvalue weighted by molar-refractivity contribution is -0.140. The second-order valence-corrected chi connectivity index (χ2v) is 9.89. The van der Waals surface area contributed by atoms with Crippen molar-refractivity contribution in [3.8, 4) is 17.2 Å². The number of Topliss-reactive ketones (excluding diaryl/α,β-unsaturated/α-hetero) is 1. The van der Waals surface area contributed by atoms with Crippen molar-refractivity contribution in [1.82, 2.24) is 9.80 Å². The minimum atomic E-state index is -0.792. The van der Waals surface area contributed by atoms with Gasteiger partial charge in [-0.25, -0.2) is 0 Å². The van der Waals surface area contributed by atoms with Crippen molar-refractivity contribution in [2.24, 2.45) is 0 Å². The van der Waals surface area contributed by atoms with E-state index in [0.717, 1.165) is 24.2 Å². The number of methoxy groups -OCH3 is 2. The second-order valence-electron chi connectivity index (χ2n) is 9.89. The molecule has 0 unspecified atom stereocenters. The van der Waals surface area contributed by atoms with E-state index in [1.54, 1.807) is 43.5 Å². The summed E-state index contributed by atoms with van der Waals surface area (Å²) in [4.78, 5) is 30.6. The Morgan fingerprint density at radius 1 is 0.902 bits per heavy atom. The zero-order chi connectivity index (χ0) is 29.5. The molecule has 0 aliphatic carbocycles. The largest absolute Gasteiger partial charge is 0.507 e. The summed E-state index contributed by atoms with van der Waals surface area (Å²) < 4.78 is 16.9. The monoisotopic (exact) mass is 558 g/mol. The fourth-order valence-corrected chi connectivity index (χ4v) is 5.12. The number of carbonyl (C=O) groups is 2. The van der Waals surface area contributed by atoms with Gasteiger partial charge in [0.15, 0.2) is 11.5 Å². The molecule has 1 atom stereocenters. The van der Waals surface area contributed by atoms with Crippen molar-refractivity contribution < 1.29 is 28.9 Å². The van der Waals surface area contributed by atoms with Crippen LogP contribution < -0.4 is 14.2 Å². The van der Waals surface area contributed by atoms with Crippen LogP contribution in [0.2, 0.25) is 0 Å². The van der Waals surface area contributed by atoms with Crippen LogP contribution in [0, 0.1) is 6.92 Å². The smallest absolute Gasteiger partial charge is 0.295 e. The Morgan fingerprint density at radius 2 is 1.59 bits per heavy atom. The van der Waals surface area contributed by atoms with Crippen LogP contribution in [0.25, 0.3) is 5.76 Å². The summed E-state index contributed by atoms with van der Waals surface area (Å²) >= 11 is 0. The Balaban J connectivity index is 1.73. The molecule has 1 amide bonds. The molecule has 0 radical (unpaired) electrons. The maximum atomic E-state index is 13.5. The summed E-state index contributed by atoms with van der Waals surface area (Å²) in [6, 6.07) is 19.6. The standard InChI is InChI=1S/C33H38N2O6/c1-6-34(7-2)17-18-35-30(24-13-16-27(39-4)28(20-24)40-5)29(32(37)33(35)38)31(36)25-14-15-26(22(3)19-25)41-21-23-11-9-8-10-12-23/h8-16,19-20,30,36H,6-7,17-18,21H2,1-5H3/b31-29+/t30-/m0/s1. The summed E-state index contributed by atoms with van der Waals surface area (Å²) in [5, 5.41) is 11.6. The highest BCUT2D eigenvalue weighted by atomic mass is 16.5. The lowest BCUT2D eigenvalue weighted by Gasteiger charge is -2.28. The molecular weight excluding hydrogens is 520 g/mol. The average molecular weight is 559 g/mol. The average Bonchev–Trinajstić information content (AvgIpc) is 3.25. The minimum Gasteiger partial charge on any atom is -0.507 e. The number of hydrogen-bond donors (Lipinski definition) is 1. The van der Waals surface area contributed by atoms with Gasteiger partial charge in [0.2, 0.25) is 0 Å².